The number of carboxylic acids is 1. The minimum absolute atomic E-state index is 0.0208. The number of hydrogen-bond acceptors (Lipinski definition) is 4. The van der Waals surface area contributed by atoms with Crippen molar-refractivity contribution in [2.45, 2.75) is 13.0 Å². The summed E-state index contributed by atoms with van der Waals surface area (Å²) in [5, 5.41) is 16.2. The number of nitrogens with one attached hydrogen (secondary N) is 1. The van der Waals surface area contributed by atoms with Crippen LogP contribution in [-0.2, 0) is 17.8 Å². The molecular formula is C15H14N4O2. The Bertz CT molecular complexity index is 782. The number of fused-ring (bicyclic) bond motifs is 1. The van der Waals surface area contributed by atoms with Gasteiger partial charge in [-0.05, 0) is 17.2 Å². The lowest BCUT2D eigenvalue weighted by Crippen LogP contribution is -2.08. The van der Waals surface area contributed by atoms with Crippen LogP contribution in [0, 0.1) is 0 Å². The van der Waals surface area contributed by atoms with Crippen molar-refractivity contribution in [3.05, 3.63) is 59.9 Å². The van der Waals surface area contributed by atoms with Gasteiger partial charge in [0, 0.05) is 18.8 Å². The van der Waals surface area contributed by atoms with Gasteiger partial charge in [0.15, 0.2) is 5.65 Å². The predicted octanol–water partition coefficient (Wildman–Crippen LogP) is 1.97. The summed E-state index contributed by atoms with van der Waals surface area (Å²) in [6, 6.07) is 11.2. The molecule has 0 atom stereocenters. The molecule has 0 aliphatic carbocycles. The molecule has 0 bridgehead atoms. The normalized spacial score (nSPS) is 10.7. The molecule has 0 spiro atoms. The number of rotatable bonds is 5. The summed E-state index contributed by atoms with van der Waals surface area (Å²) in [4.78, 5) is 15.3. The lowest BCUT2D eigenvalue weighted by molar-refractivity contribution is -0.136. The van der Waals surface area contributed by atoms with Crippen LogP contribution in [-0.4, -0.2) is 25.7 Å². The second kappa shape index (κ2) is 5.62. The minimum atomic E-state index is -0.832. The van der Waals surface area contributed by atoms with Crippen molar-refractivity contribution in [1.29, 1.82) is 0 Å². The second-order valence-corrected chi connectivity index (χ2v) is 4.64. The fraction of sp³-hybridized carbons (Fsp3) is 0.133. The van der Waals surface area contributed by atoms with Crippen LogP contribution in [0.15, 0.2) is 48.8 Å². The summed E-state index contributed by atoms with van der Waals surface area (Å²) in [6.07, 6.45) is 3.54. The molecule has 2 aromatic heterocycles. The van der Waals surface area contributed by atoms with Gasteiger partial charge in [0.25, 0.3) is 0 Å². The number of carboxylic acid groups (broad SMARTS) is 1. The summed E-state index contributed by atoms with van der Waals surface area (Å²) in [5.41, 5.74) is 2.52. The lowest BCUT2D eigenvalue weighted by atomic mass is 10.0. The quantitative estimate of drug-likeness (QED) is 0.748. The van der Waals surface area contributed by atoms with E-state index in [9.17, 15) is 4.79 Å². The highest BCUT2D eigenvalue weighted by molar-refractivity contribution is 5.70. The zero-order valence-electron chi connectivity index (χ0n) is 11.2. The summed E-state index contributed by atoms with van der Waals surface area (Å²) in [7, 11) is 0. The molecule has 0 radical (unpaired) electrons. The first kappa shape index (κ1) is 13.1. The topological polar surface area (TPSA) is 79.5 Å². The maximum atomic E-state index is 10.9. The third-order valence-electron chi connectivity index (χ3n) is 3.18. The van der Waals surface area contributed by atoms with Crippen LogP contribution >= 0.6 is 0 Å². The van der Waals surface area contributed by atoms with Crippen molar-refractivity contribution in [3.8, 4) is 0 Å². The Hall–Kier alpha value is -2.89. The average Bonchev–Trinajstić information content (AvgIpc) is 2.93. The molecule has 1 aromatic carbocycles. The van der Waals surface area contributed by atoms with E-state index >= 15 is 0 Å². The van der Waals surface area contributed by atoms with Crippen molar-refractivity contribution in [2.24, 2.45) is 0 Å². The number of anilines is 1. The Labute approximate surface area is 121 Å². The Morgan fingerprint density at radius 2 is 2.00 bits per heavy atom. The van der Waals surface area contributed by atoms with Crippen LogP contribution in [0.4, 0.5) is 5.82 Å². The van der Waals surface area contributed by atoms with Crippen molar-refractivity contribution in [1.82, 2.24) is 14.6 Å². The van der Waals surface area contributed by atoms with Gasteiger partial charge in [0.1, 0.15) is 5.82 Å². The van der Waals surface area contributed by atoms with Gasteiger partial charge in [-0.25, -0.2) is 9.50 Å². The molecule has 0 amide bonds. The van der Waals surface area contributed by atoms with E-state index in [2.05, 4.69) is 15.4 Å². The molecule has 0 unspecified atom stereocenters. The number of benzene rings is 1. The second-order valence-electron chi connectivity index (χ2n) is 4.64. The van der Waals surface area contributed by atoms with Gasteiger partial charge >= 0.3 is 5.97 Å². The molecule has 0 fully saturated rings. The fourth-order valence-corrected chi connectivity index (χ4v) is 2.16. The molecular weight excluding hydrogens is 268 g/mol. The number of hydrogen-bond donors (Lipinski definition) is 2. The zero-order chi connectivity index (χ0) is 14.7. The van der Waals surface area contributed by atoms with Crippen molar-refractivity contribution in [2.75, 3.05) is 5.32 Å². The van der Waals surface area contributed by atoms with Crippen LogP contribution in [0.2, 0.25) is 0 Å². The monoisotopic (exact) mass is 282 g/mol. The standard InChI is InChI=1S/C15H14N4O2/c20-15(21)9-11-3-1-2-4-12(11)10-16-13-6-8-19-14(18-13)5-7-17-19/h1-8H,9-10H2,(H,16,18)(H,20,21). The molecule has 2 heterocycles. The third-order valence-corrected chi connectivity index (χ3v) is 3.18. The number of carbonyl (C=O) groups is 1. The van der Waals surface area contributed by atoms with Gasteiger partial charge in [-0.1, -0.05) is 24.3 Å². The summed E-state index contributed by atoms with van der Waals surface area (Å²) >= 11 is 0. The SMILES string of the molecule is O=C(O)Cc1ccccc1CNc1ccn2nccc2n1. The summed E-state index contributed by atoms with van der Waals surface area (Å²) in [6.45, 7) is 0.529. The van der Waals surface area contributed by atoms with E-state index in [-0.39, 0.29) is 6.42 Å². The molecule has 106 valence electrons. The van der Waals surface area contributed by atoms with E-state index in [0.717, 1.165) is 22.6 Å². The Balaban J connectivity index is 1.76. The van der Waals surface area contributed by atoms with Gasteiger partial charge in [0.05, 0.1) is 12.6 Å². The minimum Gasteiger partial charge on any atom is -0.481 e. The largest absolute Gasteiger partial charge is 0.481 e. The van der Waals surface area contributed by atoms with Gasteiger partial charge in [-0.3, -0.25) is 4.79 Å². The highest BCUT2D eigenvalue weighted by atomic mass is 16.4. The molecule has 3 aromatic rings. The van der Waals surface area contributed by atoms with E-state index in [1.54, 1.807) is 10.7 Å². The maximum absolute atomic E-state index is 10.9. The number of nitrogens with zero attached hydrogens (tertiary/aromatic N) is 3. The molecule has 3 rings (SSSR count). The van der Waals surface area contributed by atoms with E-state index < -0.39 is 5.97 Å². The third kappa shape index (κ3) is 3.00. The summed E-state index contributed by atoms with van der Waals surface area (Å²) in [5.74, 6) is -0.102. The number of aromatic nitrogens is 3. The lowest BCUT2D eigenvalue weighted by Gasteiger charge is -2.09. The summed E-state index contributed by atoms with van der Waals surface area (Å²) < 4.78 is 1.68. The van der Waals surface area contributed by atoms with Gasteiger partial charge in [0.2, 0.25) is 0 Å². The Kier molecular flexibility index (Phi) is 3.51. The van der Waals surface area contributed by atoms with Crippen LogP contribution < -0.4 is 5.32 Å². The van der Waals surface area contributed by atoms with E-state index in [4.69, 9.17) is 5.11 Å². The highest BCUT2D eigenvalue weighted by Gasteiger charge is 2.06. The molecule has 0 aliphatic rings. The average molecular weight is 282 g/mol. The first-order valence-electron chi connectivity index (χ1n) is 6.55. The Morgan fingerprint density at radius 1 is 1.19 bits per heavy atom. The van der Waals surface area contributed by atoms with E-state index in [1.807, 2.05) is 42.6 Å². The molecule has 0 aliphatic heterocycles. The van der Waals surface area contributed by atoms with Gasteiger partial charge in [-0.15, -0.1) is 0 Å². The molecule has 21 heavy (non-hydrogen) atoms. The van der Waals surface area contributed by atoms with Crippen LogP contribution in [0.3, 0.4) is 0 Å². The molecule has 2 N–H and O–H groups in total. The fourth-order valence-electron chi connectivity index (χ4n) is 2.16. The first-order valence-corrected chi connectivity index (χ1v) is 6.55. The van der Waals surface area contributed by atoms with Gasteiger partial charge < -0.3 is 10.4 Å². The maximum Gasteiger partial charge on any atom is 0.307 e. The van der Waals surface area contributed by atoms with Gasteiger partial charge in [-0.2, -0.15) is 5.10 Å². The van der Waals surface area contributed by atoms with E-state index in [1.165, 1.54) is 0 Å². The molecule has 0 saturated carbocycles. The predicted molar refractivity (Wildman–Crippen MR) is 78.1 cm³/mol. The number of aliphatic carboxylic acids is 1. The first-order chi connectivity index (χ1) is 10.2. The van der Waals surface area contributed by atoms with Crippen molar-refractivity contribution in [3.63, 3.8) is 0 Å². The molecule has 6 nitrogen and oxygen atoms in total. The van der Waals surface area contributed by atoms with Crippen LogP contribution in [0.1, 0.15) is 11.1 Å². The molecule has 0 saturated heterocycles. The van der Waals surface area contributed by atoms with Crippen molar-refractivity contribution >= 4 is 17.4 Å². The smallest absolute Gasteiger partial charge is 0.307 e. The Morgan fingerprint density at radius 3 is 2.81 bits per heavy atom. The van der Waals surface area contributed by atoms with Crippen LogP contribution in [0.5, 0.6) is 0 Å². The van der Waals surface area contributed by atoms with Crippen LogP contribution in [0.25, 0.3) is 5.65 Å². The van der Waals surface area contributed by atoms with Crippen molar-refractivity contribution < 1.29 is 9.90 Å². The van der Waals surface area contributed by atoms with E-state index in [0.29, 0.717) is 6.54 Å². The highest BCUT2D eigenvalue weighted by Crippen LogP contribution is 2.13. The molecule has 6 heteroatoms. The zero-order valence-corrected chi connectivity index (χ0v) is 11.2.